The predicted molar refractivity (Wildman–Crippen MR) is 86.3 cm³/mol. The zero-order valence-electron chi connectivity index (χ0n) is 13.5. The maximum Gasteiger partial charge on any atom is 0.279 e. The van der Waals surface area contributed by atoms with Crippen LogP contribution in [0, 0.1) is 11.8 Å². The van der Waals surface area contributed by atoms with Crippen molar-refractivity contribution in [3.63, 3.8) is 0 Å². The van der Waals surface area contributed by atoms with E-state index in [0.717, 1.165) is 51.0 Å². The summed E-state index contributed by atoms with van der Waals surface area (Å²) in [7, 11) is -1.34. The lowest BCUT2D eigenvalue weighted by molar-refractivity contribution is 0.266. The summed E-state index contributed by atoms with van der Waals surface area (Å²) in [5.74, 6) is 1.34. The number of nitrogens with one attached hydrogen (secondary N) is 2. The van der Waals surface area contributed by atoms with Crippen LogP contribution in [0.1, 0.15) is 51.9 Å². The van der Waals surface area contributed by atoms with Crippen molar-refractivity contribution < 1.29 is 8.42 Å². The normalized spacial score (nSPS) is 30.2. The number of nitrogens with zero attached hydrogens (tertiary/aromatic N) is 1. The average molecular weight is 317 g/mol. The van der Waals surface area contributed by atoms with E-state index < -0.39 is 10.2 Å². The lowest BCUT2D eigenvalue weighted by atomic mass is 9.98. The van der Waals surface area contributed by atoms with Crippen LogP contribution in [0.2, 0.25) is 0 Å². The first-order valence-corrected chi connectivity index (χ1v) is 9.87. The minimum atomic E-state index is -3.29. The average Bonchev–Trinajstić information content (AvgIpc) is 2.64. The SMILES string of the molecule is CNCC1CCN(S(=O)(=O)NC2CCCC(C)CC2)CC1. The predicted octanol–water partition coefficient (Wildman–Crippen LogP) is 1.72. The molecule has 0 spiro atoms. The van der Waals surface area contributed by atoms with E-state index in [1.165, 1.54) is 6.42 Å². The van der Waals surface area contributed by atoms with Gasteiger partial charge in [-0.1, -0.05) is 19.8 Å². The van der Waals surface area contributed by atoms with Crippen molar-refractivity contribution in [2.75, 3.05) is 26.7 Å². The zero-order chi connectivity index (χ0) is 15.3. The molecule has 2 unspecified atom stereocenters. The second-order valence-electron chi connectivity index (χ2n) is 6.83. The molecule has 2 atom stereocenters. The number of rotatable bonds is 5. The lowest BCUT2D eigenvalue weighted by Gasteiger charge is -2.32. The quantitative estimate of drug-likeness (QED) is 0.759. The van der Waals surface area contributed by atoms with E-state index in [9.17, 15) is 8.42 Å². The smallest absolute Gasteiger partial charge is 0.279 e. The molecule has 1 aliphatic carbocycles. The molecule has 5 nitrogen and oxygen atoms in total. The third-order valence-electron chi connectivity index (χ3n) is 4.98. The van der Waals surface area contributed by atoms with Gasteiger partial charge in [0.15, 0.2) is 0 Å². The summed E-state index contributed by atoms with van der Waals surface area (Å²) in [5, 5.41) is 3.18. The molecular weight excluding hydrogens is 286 g/mol. The van der Waals surface area contributed by atoms with Gasteiger partial charge in [0.25, 0.3) is 10.2 Å². The van der Waals surface area contributed by atoms with Crippen LogP contribution in [0.5, 0.6) is 0 Å². The summed E-state index contributed by atoms with van der Waals surface area (Å²) >= 11 is 0. The first kappa shape index (κ1) is 17.2. The van der Waals surface area contributed by atoms with E-state index in [4.69, 9.17) is 0 Å². The lowest BCUT2D eigenvalue weighted by Crippen LogP contribution is -2.48. The van der Waals surface area contributed by atoms with Crippen molar-refractivity contribution >= 4 is 10.2 Å². The van der Waals surface area contributed by atoms with Gasteiger partial charge in [0.2, 0.25) is 0 Å². The van der Waals surface area contributed by atoms with Gasteiger partial charge in [0.1, 0.15) is 0 Å². The van der Waals surface area contributed by atoms with Crippen molar-refractivity contribution in [1.29, 1.82) is 0 Å². The molecule has 124 valence electrons. The van der Waals surface area contributed by atoms with Gasteiger partial charge >= 0.3 is 0 Å². The Labute approximate surface area is 130 Å². The molecule has 0 bridgehead atoms. The molecule has 0 aromatic carbocycles. The van der Waals surface area contributed by atoms with Crippen LogP contribution in [0.25, 0.3) is 0 Å². The van der Waals surface area contributed by atoms with E-state index in [1.54, 1.807) is 4.31 Å². The molecule has 21 heavy (non-hydrogen) atoms. The van der Waals surface area contributed by atoms with E-state index in [1.807, 2.05) is 7.05 Å². The number of piperidine rings is 1. The molecular formula is C15H31N3O2S. The van der Waals surface area contributed by atoms with E-state index in [-0.39, 0.29) is 6.04 Å². The largest absolute Gasteiger partial charge is 0.319 e. The Kier molecular flexibility index (Phi) is 6.47. The summed E-state index contributed by atoms with van der Waals surface area (Å²) in [6.45, 7) is 4.57. The van der Waals surface area contributed by atoms with E-state index in [0.29, 0.717) is 19.0 Å². The van der Waals surface area contributed by atoms with Crippen LogP contribution in [0.4, 0.5) is 0 Å². The molecule has 0 aromatic rings. The monoisotopic (exact) mass is 317 g/mol. The fourth-order valence-electron chi connectivity index (χ4n) is 3.53. The highest BCUT2D eigenvalue weighted by molar-refractivity contribution is 7.87. The second kappa shape index (κ2) is 7.90. The van der Waals surface area contributed by atoms with Crippen molar-refractivity contribution in [2.45, 2.75) is 57.9 Å². The van der Waals surface area contributed by atoms with Gasteiger partial charge in [0, 0.05) is 19.1 Å². The molecule has 1 aliphatic heterocycles. The van der Waals surface area contributed by atoms with E-state index >= 15 is 0 Å². The summed E-state index contributed by atoms with van der Waals surface area (Å²) in [6.07, 6.45) is 7.40. The summed E-state index contributed by atoms with van der Waals surface area (Å²) in [6, 6.07) is 0.134. The molecule has 2 rings (SSSR count). The standard InChI is InChI=1S/C15H31N3O2S/c1-13-4-3-5-15(7-6-13)17-21(19,20)18-10-8-14(9-11-18)12-16-2/h13-17H,3-12H2,1-2H3. The number of hydrogen-bond donors (Lipinski definition) is 2. The van der Waals surface area contributed by atoms with Crippen LogP contribution in [0.15, 0.2) is 0 Å². The van der Waals surface area contributed by atoms with Crippen LogP contribution in [-0.4, -0.2) is 45.4 Å². The first-order chi connectivity index (χ1) is 10.0. The fraction of sp³-hybridized carbons (Fsp3) is 1.00. The topological polar surface area (TPSA) is 61.4 Å². The Morgan fingerprint density at radius 1 is 1.05 bits per heavy atom. The Morgan fingerprint density at radius 2 is 1.76 bits per heavy atom. The van der Waals surface area contributed by atoms with Gasteiger partial charge in [-0.2, -0.15) is 17.4 Å². The van der Waals surface area contributed by atoms with Gasteiger partial charge in [-0.15, -0.1) is 0 Å². The van der Waals surface area contributed by atoms with Crippen LogP contribution in [0.3, 0.4) is 0 Å². The Balaban J connectivity index is 1.84. The summed E-state index contributed by atoms with van der Waals surface area (Å²) in [4.78, 5) is 0. The first-order valence-electron chi connectivity index (χ1n) is 8.43. The highest BCUT2D eigenvalue weighted by Gasteiger charge is 2.30. The van der Waals surface area contributed by atoms with Crippen molar-refractivity contribution in [3.8, 4) is 0 Å². The highest BCUT2D eigenvalue weighted by atomic mass is 32.2. The third-order valence-corrected chi connectivity index (χ3v) is 6.66. The Bertz CT molecular complexity index is 405. The third kappa shape index (κ3) is 5.20. The van der Waals surface area contributed by atoms with Gasteiger partial charge in [0.05, 0.1) is 0 Å². The van der Waals surface area contributed by atoms with Crippen LogP contribution < -0.4 is 10.0 Å². The van der Waals surface area contributed by atoms with Gasteiger partial charge in [-0.05, 0) is 57.5 Å². The van der Waals surface area contributed by atoms with Gasteiger partial charge in [-0.25, -0.2) is 0 Å². The minimum absolute atomic E-state index is 0.134. The minimum Gasteiger partial charge on any atom is -0.319 e. The number of hydrogen-bond acceptors (Lipinski definition) is 3. The molecule has 0 radical (unpaired) electrons. The Hall–Kier alpha value is -0.170. The van der Waals surface area contributed by atoms with Crippen molar-refractivity contribution in [1.82, 2.24) is 14.3 Å². The van der Waals surface area contributed by atoms with Crippen molar-refractivity contribution in [2.24, 2.45) is 11.8 Å². The molecule has 0 aromatic heterocycles. The molecule has 6 heteroatoms. The molecule has 0 amide bonds. The van der Waals surface area contributed by atoms with E-state index in [2.05, 4.69) is 17.0 Å². The van der Waals surface area contributed by atoms with Crippen LogP contribution >= 0.6 is 0 Å². The fourth-order valence-corrected chi connectivity index (χ4v) is 5.03. The maximum absolute atomic E-state index is 12.5. The van der Waals surface area contributed by atoms with Gasteiger partial charge < -0.3 is 5.32 Å². The molecule has 2 aliphatic rings. The molecule has 1 heterocycles. The second-order valence-corrected chi connectivity index (χ2v) is 8.54. The Morgan fingerprint density at radius 3 is 2.43 bits per heavy atom. The highest BCUT2D eigenvalue weighted by Crippen LogP contribution is 2.24. The molecule has 2 fully saturated rings. The van der Waals surface area contributed by atoms with Crippen molar-refractivity contribution in [3.05, 3.63) is 0 Å². The zero-order valence-corrected chi connectivity index (χ0v) is 14.3. The molecule has 2 N–H and O–H groups in total. The van der Waals surface area contributed by atoms with Crippen LogP contribution in [-0.2, 0) is 10.2 Å². The molecule has 1 saturated heterocycles. The maximum atomic E-state index is 12.5. The molecule has 1 saturated carbocycles. The van der Waals surface area contributed by atoms with Gasteiger partial charge in [-0.3, -0.25) is 0 Å². The summed E-state index contributed by atoms with van der Waals surface area (Å²) < 4.78 is 29.6. The summed E-state index contributed by atoms with van der Waals surface area (Å²) in [5.41, 5.74) is 0.